The highest BCUT2D eigenvalue weighted by atomic mass is 16.3. The zero-order chi connectivity index (χ0) is 23.2. The summed E-state index contributed by atoms with van der Waals surface area (Å²) >= 11 is 0. The first-order valence-corrected chi connectivity index (χ1v) is 11.8. The minimum Gasteiger partial charge on any atom is -0.395 e. The van der Waals surface area contributed by atoms with E-state index in [4.69, 9.17) is 0 Å². The quantitative estimate of drug-likeness (QED) is 0.647. The molecule has 2 N–H and O–H groups in total. The summed E-state index contributed by atoms with van der Waals surface area (Å²) in [6.45, 7) is 4.72. The summed E-state index contributed by atoms with van der Waals surface area (Å²) in [6, 6.07) is 4.45. The summed E-state index contributed by atoms with van der Waals surface area (Å²) < 4.78 is 0. The molecule has 0 aliphatic carbocycles. The van der Waals surface area contributed by atoms with E-state index >= 15 is 0 Å². The largest absolute Gasteiger partial charge is 0.395 e. The Labute approximate surface area is 192 Å². The molecule has 9 nitrogen and oxygen atoms in total. The summed E-state index contributed by atoms with van der Waals surface area (Å²) in [5.41, 5.74) is 1.82. The van der Waals surface area contributed by atoms with Crippen LogP contribution in [0, 0.1) is 5.41 Å². The van der Waals surface area contributed by atoms with Gasteiger partial charge < -0.3 is 14.9 Å². The molecule has 3 fully saturated rings. The van der Waals surface area contributed by atoms with Crippen LogP contribution in [0.25, 0.3) is 0 Å². The number of fused-ring (bicyclic) bond motifs is 1. The van der Waals surface area contributed by atoms with E-state index in [0.29, 0.717) is 11.1 Å². The van der Waals surface area contributed by atoms with Crippen molar-refractivity contribution in [2.45, 2.75) is 44.6 Å². The number of hydrogen-bond acceptors (Lipinski definition) is 7. The Bertz CT molecular complexity index is 1000. The van der Waals surface area contributed by atoms with Crippen LogP contribution >= 0.6 is 0 Å². The molecule has 4 heterocycles. The van der Waals surface area contributed by atoms with Gasteiger partial charge in [-0.05, 0) is 68.8 Å². The average molecular weight is 455 g/mol. The molecule has 0 bridgehead atoms. The fourth-order valence-electron chi connectivity index (χ4n) is 5.88. The van der Waals surface area contributed by atoms with Crippen LogP contribution in [0.5, 0.6) is 0 Å². The molecule has 176 valence electrons. The third-order valence-corrected chi connectivity index (χ3v) is 7.78. The summed E-state index contributed by atoms with van der Waals surface area (Å²) in [7, 11) is 0. The van der Waals surface area contributed by atoms with Gasteiger partial charge in [-0.2, -0.15) is 0 Å². The molecule has 0 saturated carbocycles. The van der Waals surface area contributed by atoms with Crippen LogP contribution in [0.4, 0.5) is 5.69 Å². The molecular formula is C24H30N4O5. The van der Waals surface area contributed by atoms with Crippen molar-refractivity contribution in [1.29, 1.82) is 0 Å². The summed E-state index contributed by atoms with van der Waals surface area (Å²) in [5, 5.41) is 11.4. The van der Waals surface area contributed by atoms with Gasteiger partial charge in [0.1, 0.15) is 6.04 Å². The zero-order valence-corrected chi connectivity index (χ0v) is 18.7. The lowest BCUT2D eigenvalue weighted by molar-refractivity contribution is -0.136. The first-order valence-electron chi connectivity index (χ1n) is 11.8. The smallest absolute Gasteiger partial charge is 0.262 e. The van der Waals surface area contributed by atoms with Gasteiger partial charge in [0, 0.05) is 31.7 Å². The lowest BCUT2D eigenvalue weighted by atomic mass is 9.72. The minimum atomic E-state index is -0.944. The molecule has 5 rings (SSSR count). The maximum absolute atomic E-state index is 13.2. The first-order chi connectivity index (χ1) is 15.9. The first kappa shape index (κ1) is 22.0. The van der Waals surface area contributed by atoms with E-state index in [1.165, 1.54) is 6.42 Å². The Kier molecular flexibility index (Phi) is 5.70. The van der Waals surface area contributed by atoms with E-state index < -0.39 is 23.8 Å². The van der Waals surface area contributed by atoms with Crippen LogP contribution in [0.3, 0.4) is 0 Å². The second-order valence-corrected chi connectivity index (χ2v) is 9.77. The number of aliphatic hydroxyl groups is 1. The summed E-state index contributed by atoms with van der Waals surface area (Å²) in [6.07, 6.45) is 4.71. The third-order valence-electron chi connectivity index (χ3n) is 7.78. The predicted molar refractivity (Wildman–Crippen MR) is 120 cm³/mol. The van der Waals surface area contributed by atoms with Crippen molar-refractivity contribution in [3.05, 3.63) is 29.3 Å². The van der Waals surface area contributed by atoms with Crippen LogP contribution < -0.4 is 10.2 Å². The fraction of sp³-hybridized carbons (Fsp3) is 0.583. The SMILES string of the molecule is O=C1CCC(N2C(=O)c3ccc(N4CCCC5(CCN(CCO)CC5)C4)cc3C2=O)C(=O)N1. The molecule has 33 heavy (non-hydrogen) atoms. The fourth-order valence-corrected chi connectivity index (χ4v) is 5.88. The Balaban J connectivity index is 1.33. The lowest BCUT2D eigenvalue weighted by Gasteiger charge is -2.48. The number of aliphatic hydroxyl groups excluding tert-OH is 1. The maximum Gasteiger partial charge on any atom is 0.262 e. The number of hydrogen-bond donors (Lipinski definition) is 2. The third kappa shape index (κ3) is 3.93. The highest BCUT2D eigenvalue weighted by Gasteiger charge is 2.45. The number of piperidine rings is 3. The number of likely N-dealkylation sites (tertiary alicyclic amines) is 1. The molecule has 4 aliphatic rings. The number of β-amino-alcohol motifs (C(OH)–C–C–N with tert-alkyl or cyclic N) is 1. The molecule has 1 atom stereocenters. The van der Waals surface area contributed by atoms with E-state index in [2.05, 4.69) is 15.1 Å². The molecular weight excluding hydrogens is 424 g/mol. The Morgan fingerprint density at radius 2 is 1.76 bits per heavy atom. The summed E-state index contributed by atoms with van der Waals surface area (Å²) in [5.74, 6) is -1.90. The molecule has 3 saturated heterocycles. The number of imide groups is 2. The van der Waals surface area contributed by atoms with Crippen molar-refractivity contribution in [3.8, 4) is 0 Å². The number of carbonyl (C=O) groups is 4. The number of rotatable bonds is 4. The maximum atomic E-state index is 13.2. The molecule has 1 spiro atoms. The van der Waals surface area contributed by atoms with Crippen molar-refractivity contribution in [2.24, 2.45) is 5.41 Å². The highest BCUT2D eigenvalue weighted by Crippen LogP contribution is 2.41. The molecule has 0 aromatic heterocycles. The number of carbonyl (C=O) groups excluding carboxylic acids is 4. The molecule has 1 aromatic carbocycles. The molecule has 9 heteroatoms. The van der Waals surface area contributed by atoms with Crippen LogP contribution in [0.2, 0.25) is 0 Å². The van der Waals surface area contributed by atoms with Crippen LogP contribution in [-0.2, 0) is 9.59 Å². The van der Waals surface area contributed by atoms with Crippen molar-refractivity contribution in [1.82, 2.24) is 15.1 Å². The van der Waals surface area contributed by atoms with Crippen molar-refractivity contribution >= 4 is 29.3 Å². The standard InChI is InChI=1S/C24H30N4O5/c29-13-12-26-10-7-24(8-11-26)6-1-9-27(15-24)16-2-3-17-18(14-16)23(33)28(22(17)32)19-4-5-20(30)25-21(19)31/h2-3,14,19,29H,1,4-13,15H2,(H,25,30,31). The number of nitrogens with one attached hydrogen (secondary N) is 1. The van der Waals surface area contributed by atoms with Gasteiger partial charge >= 0.3 is 0 Å². The number of nitrogens with zero attached hydrogens (tertiary/aromatic N) is 3. The Morgan fingerprint density at radius 1 is 1.00 bits per heavy atom. The van der Waals surface area contributed by atoms with E-state index in [9.17, 15) is 24.3 Å². The van der Waals surface area contributed by atoms with Crippen molar-refractivity contribution < 1.29 is 24.3 Å². The van der Waals surface area contributed by atoms with Gasteiger partial charge in [-0.1, -0.05) is 0 Å². The highest BCUT2D eigenvalue weighted by molar-refractivity contribution is 6.23. The molecule has 4 aliphatic heterocycles. The Morgan fingerprint density at radius 3 is 2.48 bits per heavy atom. The second-order valence-electron chi connectivity index (χ2n) is 9.77. The zero-order valence-electron chi connectivity index (χ0n) is 18.7. The van der Waals surface area contributed by atoms with Crippen LogP contribution in [0.15, 0.2) is 18.2 Å². The van der Waals surface area contributed by atoms with Gasteiger partial charge in [0.15, 0.2) is 0 Å². The number of amides is 4. The molecule has 4 amide bonds. The monoisotopic (exact) mass is 454 g/mol. The van der Waals surface area contributed by atoms with E-state index in [-0.39, 0.29) is 30.8 Å². The van der Waals surface area contributed by atoms with Crippen LogP contribution in [0.1, 0.15) is 59.2 Å². The average Bonchev–Trinajstić information content (AvgIpc) is 3.06. The van der Waals surface area contributed by atoms with Crippen molar-refractivity contribution in [2.75, 3.05) is 44.2 Å². The predicted octanol–water partition coefficient (Wildman–Crippen LogP) is 0.763. The lowest BCUT2D eigenvalue weighted by Crippen LogP contribution is -2.54. The van der Waals surface area contributed by atoms with E-state index in [1.807, 2.05) is 6.07 Å². The van der Waals surface area contributed by atoms with E-state index in [0.717, 1.165) is 62.6 Å². The van der Waals surface area contributed by atoms with Gasteiger partial charge in [0.25, 0.3) is 11.8 Å². The van der Waals surface area contributed by atoms with Crippen LogP contribution in [-0.4, -0.2) is 83.9 Å². The summed E-state index contributed by atoms with van der Waals surface area (Å²) in [4.78, 5) is 55.5. The second kappa shape index (κ2) is 8.53. The van der Waals surface area contributed by atoms with E-state index in [1.54, 1.807) is 12.1 Å². The van der Waals surface area contributed by atoms with Gasteiger partial charge in [-0.25, -0.2) is 0 Å². The van der Waals surface area contributed by atoms with Gasteiger partial charge in [-0.3, -0.25) is 29.4 Å². The topological polar surface area (TPSA) is 110 Å². The number of benzene rings is 1. The van der Waals surface area contributed by atoms with Gasteiger partial charge in [0.05, 0.1) is 17.7 Å². The van der Waals surface area contributed by atoms with Gasteiger partial charge in [-0.15, -0.1) is 0 Å². The Hall–Kier alpha value is -2.78. The molecule has 1 aromatic rings. The number of anilines is 1. The van der Waals surface area contributed by atoms with Gasteiger partial charge in [0.2, 0.25) is 11.8 Å². The normalized spacial score (nSPS) is 25.5. The molecule has 0 radical (unpaired) electrons. The minimum absolute atomic E-state index is 0.112. The van der Waals surface area contributed by atoms with Crippen molar-refractivity contribution in [3.63, 3.8) is 0 Å². The molecule has 1 unspecified atom stereocenters.